The SMILES string of the molecule is OCC(O)C(O)C(O)C(O)CO.OCCCCCCCCO.OCCCCCCCCO. The predicted molar refractivity (Wildman–Crippen MR) is 122 cm³/mol. The van der Waals surface area contributed by atoms with Crippen molar-refractivity contribution in [3.63, 3.8) is 0 Å². The summed E-state index contributed by atoms with van der Waals surface area (Å²) in [5, 5.41) is 85.9. The van der Waals surface area contributed by atoms with Gasteiger partial charge in [-0.15, -0.1) is 0 Å². The summed E-state index contributed by atoms with van der Waals surface area (Å²) in [5.74, 6) is 0. The van der Waals surface area contributed by atoms with Gasteiger partial charge in [-0.2, -0.15) is 0 Å². The van der Waals surface area contributed by atoms with Crippen molar-refractivity contribution >= 4 is 0 Å². The minimum absolute atomic E-state index is 0.319. The molecule has 198 valence electrons. The van der Waals surface area contributed by atoms with E-state index in [0.717, 1.165) is 51.4 Å². The molecule has 0 bridgehead atoms. The van der Waals surface area contributed by atoms with E-state index in [1.807, 2.05) is 0 Å². The first-order valence-corrected chi connectivity index (χ1v) is 11.7. The highest BCUT2D eigenvalue weighted by molar-refractivity contribution is 4.79. The number of aliphatic hydroxyl groups excluding tert-OH is 10. The van der Waals surface area contributed by atoms with Crippen LogP contribution in [0.1, 0.15) is 77.0 Å². The van der Waals surface area contributed by atoms with E-state index in [4.69, 9.17) is 51.1 Å². The number of unbranched alkanes of at least 4 members (excludes halogenated alkanes) is 10. The summed E-state index contributed by atoms with van der Waals surface area (Å²) < 4.78 is 0. The average Bonchev–Trinajstić information content (AvgIpc) is 2.82. The summed E-state index contributed by atoms with van der Waals surface area (Å²) in [4.78, 5) is 0. The van der Waals surface area contributed by atoms with Crippen LogP contribution in [0.3, 0.4) is 0 Å². The van der Waals surface area contributed by atoms with E-state index in [-0.39, 0.29) is 0 Å². The first-order chi connectivity index (χ1) is 15.4. The Morgan fingerprint density at radius 1 is 0.312 bits per heavy atom. The van der Waals surface area contributed by atoms with Gasteiger partial charge in [0.1, 0.15) is 24.4 Å². The van der Waals surface area contributed by atoms with Gasteiger partial charge in [0, 0.05) is 26.4 Å². The van der Waals surface area contributed by atoms with Crippen LogP contribution in [-0.4, -0.2) is 115 Å². The Labute approximate surface area is 192 Å². The molecule has 4 atom stereocenters. The monoisotopic (exact) mass is 474 g/mol. The maximum atomic E-state index is 8.96. The fraction of sp³-hybridized carbons (Fsp3) is 1.00. The normalized spacial score (nSPS) is 14.4. The van der Waals surface area contributed by atoms with Crippen molar-refractivity contribution in [2.24, 2.45) is 0 Å². The van der Waals surface area contributed by atoms with Gasteiger partial charge >= 0.3 is 0 Å². The lowest BCUT2D eigenvalue weighted by Crippen LogP contribution is -2.46. The van der Waals surface area contributed by atoms with E-state index >= 15 is 0 Å². The topological polar surface area (TPSA) is 202 Å². The molecule has 0 aliphatic heterocycles. The third-order valence-electron chi connectivity index (χ3n) is 4.64. The molecule has 4 unspecified atom stereocenters. The predicted octanol–water partition coefficient (Wildman–Crippen LogP) is -0.962. The molecular formula is C22H50O10. The van der Waals surface area contributed by atoms with Crippen molar-refractivity contribution in [1.29, 1.82) is 0 Å². The smallest absolute Gasteiger partial charge is 0.111 e. The van der Waals surface area contributed by atoms with Gasteiger partial charge in [0.25, 0.3) is 0 Å². The van der Waals surface area contributed by atoms with Crippen molar-refractivity contribution in [2.75, 3.05) is 39.6 Å². The highest BCUT2D eigenvalue weighted by Crippen LogP contribution is 2.05. The number of rotatable bonds is 19. The molecule has 0 rings (SSSR count). The molecule has 0 saturated carbocycles. The van der Waals surface area contributed by atoms with Crippen LogP contribution in [0.25, 0.3) is 0 Å². The minimum Gasteiger partial charge on any atom is -0.396 e. The largest absolute Gasteiger partial charge is 0.396 e. The first-order valence-electron chi connectivity index (χ1n) is 11.7. The van der Waals surface area contributed by atoms with Gasteiger partial charge in [0.2, 0.25) is 0 Å². The Balaban J connectivity index is -0.000000397. The van der Waals surface area contributed by atoms with Crippen LogP contribution in [0.5, 0.6) is 0 Å². The van der Waals surface area contributed by atoms with Crippen LogP contribution in [0.2, 0.25) is 0 Å². The zero-order valence-corrected chi connectivity index (χ0v) is 19.5. The van der Waals surface area contributed by atoms with Crippen LogP contribution in [-0.2, 0) is 0 Å². The van der Waals surface area contributed by atoms with Crippen molar-refractivity contribution in [3.8, 4) is 0 Å². The summed E-state index contributed by atoms with van der Waals surface area (Å²) in [6.45, 7) is -0.174. The third-order valence-corrected chi connectivity index (χ3v) is 4.64. The molecule has 10 N–H and O–H groups in total. The van der Waals surface area contributed by atoms with Crippen LogP contribution in [0.4, 0.5) is 0 Å². The van der Waals surface area contributed by atoms with Crippen molar-refractivity contribution in [3.05, 3.63) is 0 Å². The minimum atomic E-state index is -1.67. The molecule has 32 heavy (non-hydrogen) atoms. The molecule has 0 heterocycles. The lowest BCUT2D eigenvalue weighted by molar-refractivity contribution is -0.123. The molecule has 0 aliphatic carbocycles. The van der Waals surface area contributed by atoms with Gasteiger partial charge in [0.05, 0.1) is 13.2 Å². The van der Waals surface area contributed by atoms with Crippen molar-refractivity contribution < 1.29 is 51.1 Å². The van der Waals surface area contributed by atoms with E-state index in [1.54, 1.807) is 0 Å². The van der Waals surface area contributed by atoms with Gasteiger partial charge < -0.3 is 51.1 Å². The summed E-state index contributed by atoms with van der Waals surface area (Å²) >= 11 is 0. The molecule has 0 spiro atoms. The maximum Gasteiger partial charge on any atom is 0.111 e. The third kappa shape index (κ3) is 27.6. The maximum absolute atomic E-state index is 8.96. The molecule has 0 aliphatic rings. The Morgan fingerprint density at radius 2 is 0.500 bits per heavy atom. The van der Waals surface area contributed by atoms with E-state index in [9.17, 15) is 0 Å². The van der Waals surface area contributed by atoms with Crippen LogP contribution in [0, 0.1) is 0 Å². The van der Waals surface area contributed by atoms with Crippen LogP contribution < -0.4 is 0 Å². The first kappa shape index (κ1) is 36.2. The number of aliphatic hydroxyl groups is 10. The Morgan fingerprint density at radius 3 is 0.656 bits per heavy atom. The standard InChI is InChI=1S/2C8H18O2.C6H14O6/c2*9-7-5-3-1-2-4-6-8-10;7-1-3(9)5(11)6(12)4(10)2-8/h2*9-10H,1-8H2;3-12H,1-2H2. The average molecular weight is 475 g/mol. The molecular weight excluding hydrogens is 424 g/mol. The zero-order chi connectivity index (χ0) is 25.0. The molecule has 10 heteroatoms. The summed E-state index contributed by atoms with van der Waals surface area (Å²) in [5.41, 5.74) is 0. The van der Waals surface area contributed by atoms with Gasteiger partial charge in [-0.3, -0.25) is 0 Å². The van der Waals surface area contributed by atoms with Gasteiger partial charge in [-0.25, -0.2) is 0 Å². The van der Waals surface area contributed by atoms with Gasteiger partial charge in [0.15, 0.2) is 0 Å². The fourth-order valence-corrected chi connectivity index (χ4v) is 2.53. The quantitative estimate of drug-likeness (QED) is 0.104. The van der Waals surface area contributed by atoms with Crippen molar-refractivity contribution in [2.45, 2.75) is 101 Å². The highest BCUT2D eigenvalue weighted by Gasteiger charge is 2.29. The van der Waals surface area contributed by atoms with Gasteiger partial charge in [-0.1, -0.05) is 51.4 Å². The number of hydrogen-bond donors (Lipinski definition) is 10. The second-order valence-electron chi connectivity index (χ2n) is 7.62. The zero-order valence-electron chi connectivity index (χ0n) is 19.5. The Kier molecular flexibility index (Phi) is 34.6. The second-order valence-corrected chi connectivity index (χ2v) is 7.62. The highest BCUT2D eigenvalue weighted by atomic mass is 16.4. The molecule has 10 nitrogen and oxygen atoms in total. The molecule has 0 aromatic rings. The molecule has 0 amide bonds. The lowest BCUT2D eigenvalue weighted by Gasteiger charge is -2.24. The van der Waals surface area contributed by atoms with Gasteiger partial charge in [-0.05, 0) is 25.7 Å². The second kappa shape index (κ2) is 30.6. The fourth-order valence-electron chi connectivity index (χ4n) is 2.53. The lowest BCUT2D eigenvalue weighted by atomic mass is 10.0. The molecule has 0 aromatic heterocycles. The summed E-state index contributed by atoms with van der Waals surface area (Å²) in [6, 6.07) is 0. The molecule has 0 fully saturated rings. The number of hydrogen-bond acceptors (Lipinski definition) is 10. The Bertz CT molecular complexity index is 277. The summed E-state index contributed by atoms with van der Waals surface area (Å²) in [6.07, 6.45) is 6.61. The van der Waals surface area contributed by atoms with E-state index in [0.29, 0.717) is 26.4 Å². The molecule has 0 radical (unpaired) electrons. The van der Waals surface area contributed by atoms with E-state index in [2.05, 4.69) is 0 Å². The Hall–Kier alpha value is -0.400. The van der Waals surface area contributed by atoms with E-state index < -0.39 is 37.6 Å². The molecule has 0 saturated heterocycles. The summed E-state index contributed by atoms with van der Waals surface area (Å²) in [7, 11) is 0. The van der Waals surface area contributed by atoms with Crippen LogP contribution >= 0.6 is 0 Å². The molecule has 0 aromatic carbocycles. The van der Waals surface area contributed by atoms with Crippen LogP contribution in [0.15, 0.2) is 0 Å². The van der Waals surface area contributed by atoms with Crippen molar-refractivity contribution in [1.82, 2.24) is 0 Å². The van der Waals surface area contributed by atoms with E-state index in [1.165, 1.54) is 25.7 Å².